The van der Waals surface area contributed by atoms with Crippen LogP contribution in [0, 0.1) is 0 Å². The molecule has 1 rings (SSSR count). The second-order valence-electron chi connectivity index (χ2n) is 4.60. The third kappa shape index (κ3) is 4.10. The van der Waals surface area contributed by atoms with Crippen molar-refractivity contribution in [3.63, 3.8) is 0 Å². The van der Waals surface area contributed by atoms with Crippen LogP contribution in [-0.4, -0.2) is 31.2 Å². The monoisotopic (exact) mass is 228 g/mol. The molecule has 0 bridgehead atoms. The summed E-state index contributed by atoms with van der Waals surface area (Å²) >= 11 is 0. The van der Waals surface area contributed by atoms with E-state index in [1.807, 2.05) is 0 Å². The first kappa shape index (κ1) is 13.5. The van der Waals surface area contributed by atoms with Gasteiger partial charge >= 0.3 is 0 Å². The average molecular weight is 228 g/mol. The Hall–Kier alpha value is -0.610. The Balaban J connectivity index is 2.33. The number of unbranched alkanes of at least 4 members (excludes halogenated alkanes) is 2. The minimum atomic E-state index is -0.207. The third-order valence-electron chi connectivity index (χ3n) is 3.25. The Morgan fingerprint density at radius 1 is 1.38 bits per heavy atom. The van der Waals surface area contributed by atoms with E-state index in [-0.39, 0.29) is 11.4 Å². The Labute approximate surface area is 97.9 Å². The van der Waals surface area contributed by atoms with Crippen molar-refractivity contribution in [1.82, 2.24) is 5.32 Å². The summed E-state index contributed by atoms with van der Waals surface area (Å²) in [7, 11) is 0. The fourth-order valence-electron chi connectivity index (χ4n) is 2.04. The van der Waals surface area contributed by atoms with Crippen LogP contribution in [0.4, 0.5) is 0 Å². The highest BCUT2D eigenvalue weighted by atomic mass is 16.5. The van der Waals surface area contributed by atoms with Crippen molar-refractivity contribution in [2.75, 3.05) is 19.8 Å². The first-order valence-electron chi connectivity index (χ1n) is 6.31. The molecule has 0 unspecified atom stereocenters. The van der Waals surface area contributed by atoms with Crippen LogP contribution in [0.2, 0.25) is 0 Å². The SMILES string of the molecule is CCCCCC(=O)NC1(CN)CCOCC1. The van der Waals surface area contributed by atoms with Gasteiger partial charge in [-0.3, -0.25) is 4.79 Å². The van der Waals surface area contributed by atoms with Gasteiger partial charge in [-0.25, -0.2) is 0 Å². The maximum absolute atomic E-state index is 11.7. The van der Waals surface area contributed by atoms with Gasteiger partial charge in [-0.05, 0) is 19.3 Å². The van der Waals surface area contributed by atoms with Crippen molar-refractivity contribution < 1.29 is 9.53 Å². The molecule has 0 aromatic heterocycles. The number of carbonyl (C=O) groups is 1. The number of ether oxygens (including phenoxy) is 1. The Bertz CT molecular complexity index is 213. The molecule has 1 amide bonds. The molecule has 0 aliphatic carbocycles. The lowest BCUT2D eigenvalue weighted by Crippen LogP contribution is -2.56. The van der Waals surface area contributed by atoms with E-state index in [4.69, 9.17) is 10.5 Å². The molecule has 0 atom stereocenters. The molecule has 0 aromatic rings. The maximum atomic E-state index is 11.7. The van der Waals surface area contributed by atoms with Crippen LogP contribution in [0.15, 0.2) is 0 Å². The summed E-state index contributed by atoms with van der Waals surface area (Å²) in [4.78, 5) is 11.7. The van der Waals surface area contributed by atoms with E-state index in [1.165, 1.54) is 0 Å². The van der Waals surface area contributed by atoms with Crippen molar-refractivity contribution in [3.8, 4) is 0 Å². The van der Waals surface area contributed by atoms with Crippen molar-refractivity contribution in [2.45, 2.75) is 51.0 Å². The fourth-order valence-corrected chi connectivity index (χ4v) is 2.04. The standard InChI is InChI=1S/C12H24N2O2/c1-2-3-4-5-11(15)14-12(10-13)6-8-16-9-7-12/h2-10,13H2,1H3,(H,14,15). The van der Waals surface area contributed by atoms with Crippen LogP contribution in [0.25, 0.3) is 0 Å². The first-order valence-corrected chi connectivity index (χ1v) is 6.31. The highest BCUT2D eigenvalue weighted by Crippen LogP contribution is 2.19. The number of carbonyl (C=O) groups excluding carboxylic acids is 1. The summed E-state index contributed by atoms with van der Waals surface area (Å²) in [6.07, 6.45) is 5.53. The Kier molecular flexibility index (Phi) is 5.77. The smallest absolute Gasteiger partial charge is 0.220 e. The minimum absolute atomic E-state index is 0.140. The predicted octanol–water partition coefficient (Wildman–Crippen LogP) is 1.19. The fraction of sp³-hybridized carbons (Fsp3) is 0.917. The molecule has 1 aliphatic rings. The van der Waals surface area contributed by atoms with Crippen LogP contribution in [0.3, 0.4) is 0 Å². The zero-order valence-corrected chi connectivity index (χ0v) is 10.3. The molecule has 3 N–H and O–H groups in total. The van der Waals surface area contributed by atoms with E-state index >= 15 is 0 Å². The summed E-state index contributed by atoms with van der Waals surface area (Å²) in [5.74, 6) is 0.140. The average Bonchev–Trinajstić information content (AvgIpc) is 2.30. The lowest BCUT2D eigenvalue weighted by atomic mass is 9.90. The molecular weight excluding hydrogens is 204 g/mol. The molecule has 0 spiro atoms. The van der Waals surface area contributed by atoms with Crippen LogP contribution < -0.4 is 11.1 Å². The number of nitrogens with two attached hydrogens (primary N) is 1. The molecule has 0 radical (unpaired) electrons. The largest absolute Gasteiger partial charge is 0.381 e. The first-order chi connectivity index (χ1) is 7.72. The molecule has 1 heterocycles. The van der Waals surface area contributed by atoms with Gasteiger partial charge in [0.05, 0.1) is 5.54 Å². The number of hydrogen-bond donors (Lipinski definition) is 2. The Morgan fingerprint density at radius 3 is 2.62 bits per heavy atom. The highest BCUT2D eigenvalue weighted by molar-refractivity contribution is 5.76. The van der Waals surface area contributed by atoms with Crippen LogP contribution in [0.1, 0.15) is 45.4 Å². The normalized spacial score (nSPS) is 19.4. The van der Waals surface area contributed by atoms with Gasteiger partial charge < -0.3 is 15.8 Å². The quantitative estimate of drug-likeness (QED) is 0.671. The van der Waals surface area contributed by atoms with Crippen molar-refractivity contribution in [2.24, 2.45) is 5.73 Å². The van der Waals surface area contributed by atoms with Gasteiger partial charge in [0.25, 0.3) is 0 Å². The van der Waals surface area contributed by atoms with Crippen LogP contribution in [-0.2, 0) is 9.53 Å². The number of nitrogens with one attached hydrogen (secondary N) is 1. The van der Waals surface area contributed by atoms with Gasteiger partial charge in [0.1, 0.15) is 0 Å². The summed E-state index contributed by atoms with van der Waals surface area (Å²) in [6.45, 7) is 4.05. The van der Waals surface area contributed by atoms with Gasteiger partial charge in [0, 0.05) is 26.2 Å². The summed E-state index contributed by atoms with van der Waals surface area (Å²) < 4.78 is 5.30. The second-order valence-corrected chi connectivity index (χ2v) is 4.60. The molecule has 94 valence electrons. The molecule has 16 heavy (non-hydrogen) atoms. The van der Waals surface area contributed by atoms with E-state index in [1.54, 1.807) is 0 Å². The molecule has 0 aromatic carbocycles. The molecule has 0 saturated carbocycles. The highest BCUT2D eigenvalue weighted by Gasteiger charge is 2.32. The van der Waals surface area contributed by atoms with E-state index in [0.717, 1.165) is 32.1 Å². The minimum Gasteiger partial charge on any atom is -0.381 e. The zero-order valence-electron chi connectivity index (χ0n) is 10.3. The Morgan fingerprint density at radius 2 is 2.06 bits per heavy atom. The summed E-state index contributed by atoms with van der Waals surface area (Å²) in [5, 5.41) is 3.10. The van der Waals surface area contributed by atoms with E-state index in [2.05, 4.69) is 12.2 Å². The van der Waals surface area contributed by atoms with Crippen molar-refractivity contribution >= 4 is 5.91 Å². The molecule has 4 heteroatoms. The topological polar surface area (TPSA) is 64.4 Å². The van der Waals surface area contributed by atoms with Gasteiger partial charge in [-0.1, -0.05) is 19.8 Å². The van der Waals surface area contributed by atoms with Gasteiger partial charge in [-0.15, -0.1) is 0 Å². The van der Waals surface area contributed by atoms with Gasteiger partial charge in [0.2, 0.25) is 5.91 Å². The number of amides is 1. The van der Waals surface area contributed by atoms with E-state index < -0.39 is 0 Å². The second kappa shape index (κ2) is 6.86. The number of rotatable bonds is 6. The molecule has 1 fully saturated rings. The molecule has 4 nitrogen and oxygen atoms in total. The lowest BCUT2D eigenvalue weighted by molar-refractivity contribution is -0.124. The van der Waals surface area contributed by atoms with Crippen molar-refractivity contribution in [3.05, 3.63) is 0 Å². The zero-order chi connectivity index (χ0) is 11.9. The van der Waals surface area contributed by atoms with Gasteiger partial charge in [0.15, 0.2) is 0 Å². The maximum Gasteiger partial charge on any atom is 0.220 e. The summed E-state index contributed by atoms with van der Waals surface area (Å²) in [6, 6.07) is 0. The van der Waals surface area contributed by atoms with Crippen LogP contribution >= 0.6 is 0 Å². The van der Waals surface area contributed by atoms with E-state index in [0.29, 0.717) is 26.2 Å². The van der Waals surface area contributed by atoms with Gasteiger partial charge in [-0.2, -0.15) is 0 Å². The predicted molar refractivity (Wildman–Crippen MR) is 64.1 cm³/mol. The summed E-state index contributed by atoms with van der Waals surface area (Å²) in [5.41, 5.74) is 5.56. The molecular formula is C12H24N2O2. The molecule has 1 saturated heterocycles. The lowest BCUT2D eigenvalue weighted by Gasteiger charge is -2.37. The van der Waals surface area contributed by atoms with E-state index in [9.17, 15) is 4.79 Å². The number of hydrogen-bond acceptors (Lipinski definition) is 3. The third-order valence-corrected chi connectivity index (χ3v) is 3.25. The van der Waals surface area contributed by atoms with Crippen molar-refractivity contribution in [1.29, 1.82) is 0 Å². The van der Waals surface area contributed by atoms with Crippen LogP contribution in [0.5, 0.6) is 0 Å². The molecule has 1 aliphatic heterocycles.